The molecule has 25 heavy (non-hydrogen) atoms. The lowest BCUT2D eigenvalue weighted by atomic mass is 10.2. The van der Waals surface area contributed by atoms with Gasteiger partial charge >= 0.3 is 12.6 Å². The normalized spacial score (nSPS) is 10.5. The van der Waals surface area contributed by atoms with E-state index in [1.807, 2.05) is 6.07 Å². The van der Waals surface area contributed by atoms with Gasteiger partial charge in [-0.1, -0.05) is 12.1 Å². The summed E-state index contributed by atoms with van der Waals surface area (Å²) >= 11 is 0. The van der Waals surface area contributed by atoms with Gasteiger partial charge in [0.15, 0.2) is 11.5 Å². The number of alkyl halides is 2. The van der Waals surface area contributed by atoms with Crippen molar-refractivity contribution in [3.8, 4) is 23.3 Å². The summed E-state index contributed by atoms with van der Waals surface area (Å²) in [4.78, 5) is 11.9. The molecule has 0 unspecified atom stereocenters. The van der Waals surface area contributed by atoms with Crippen molar-refractivity contribution in [3.63, 3.8) is 0 Å². The van der Waals surface area contributed by atoms with Crippen molar-refractivity contribution in [2.24, 2.45) is 0 Å². The van der Waals surface area contributed by atoms with Gasteiger partial charge in [0.2, 0.25) is 0 Å². The molecule has 0 bridgehead atoms. The third-order valence-corrected chi connectivity index (χ3v) is 3.02. The van der Waals surface area contributed by atoms with Gasteiger partial charge in [-0.15, -0.1) is 0 Å². The van der Waals surface area contributed by atoms with Crippen LogP contribution in [0.5, 0.6) is 17.2 Å². The zero-order valence-corrected chi connectivity index (χ0v) is 13.1. The van der Waals surface area contributed by atoms with E-state index < -0.39 is 12.6 Å². The Bertz CT molecular complexity index is 811. The van der Waals surface area contributed by atoms with Gasteiger partial charge in [0, 0.05) is 12.1 Å². The molecular weight excluding hydrogens is 332 g/mol. The molecule has 0 atom stereocenters. The molecule has 0 heterocycles. The van der Waals surface area contributed by atoms with Crippen LogP contribution in [0.1, 0.15) is 11.1 Å². The smallest absolute Gasteiger partial charge is 0.387 e. The van der Waals surface area contributed by atoms with Crippen molar-refractivity contribution >= 4 is 12.0 Å². The van der Waals surface area contributed by atoms with Crippen LogP contribution in [0.3, 0.4) is 0 Å². The molecule has 2 aromatic rings. The number of hydrogen-bond donors (Lipinski definition) is 0. The summed E-state index contributed by atoms with van der Waals surface area (Å²) in [6, 6.07) is 12.1. The Morgan fingerprint density at radius 3 is 2.48 bits per heavy atom. The summed E-state index contributed by atoms with van der Waals surface area (Å²) in [6.45, 7) is -2.89. The number of nitrogens with zero attached hydrogens (tertiary/aromatic N) is 1. The molecule has 128 valence electrons. The minimum atomic E-state index is -2.89. The highest BCUT2D eigenvalue weighted by molar-refractivity contribution is 5.89. The Kier molecular flexibility index (Phi) is 6.07. The molecule has 5 nitrogen and oxygen atoms in total. The maximum atomic E-state index is 12.1. The Morgan fingerprint density at radius 1 is 1.16 bits per heavy atom. The summed E-state index contributed by atoms with van der Waals surface area (Å²) in [5.74, 6) is -0.195. The largest absolute Gasteiger partial charge is 0.493 e. The number of halogens is 2. The molecule has 2 aromatic carbocycles. The predicted molar refractivity (Wildman–Crippen MR) is 85.5 cm³/mol. The molecule has 0 aliphatic carbocycles. The number of benzene rings is 2. The standard InChI is InChI=1S/C18H13F2NO4/c1-23-16-10-13(11-21)4-8-15(16)25-17(22)9-5-12-2-6-14(7-3-12)24-18(19)20/h2-10,18H,1H3/b9-5+. The first-order valence-electron chi connectivity index (χ1n) is 7.04. The summed E-state index contributed by atoms with van der Waals surface area (Å²) in [5, 5.41) is 8.83. The van der Waals surface area contributed by atoms with Crippen LogP contribution in [-0.4, -0.2) is 19.7 Å². The molecule has 2 rings (SSSR count). The van der Waals surface area contributed by atoms with Crippen LogP contribution in [0.25, 0.3) is 6.08 Å². The van der Waals surface area contributed by atoms with Gasteiger partial charge in [-0.25, -0.2) is 4.79 Å². The van der Waals surface area contributed by atoms with Crippen molar-refractivity contribution in [1.82, 2.24) is 0 Å². The second-order valence-electron chi connectivity index (χ2n) is 4.68. The van der Waals surface area contributed by atoms with E-state index in [4.69, 9.17) is 14.7 Å². The number of methoxy groups -OCH3 is 1. The SMILES string of the molecule is COc1cc(C#N)ccc1OC(=O)/C=C/c1ccc(OC(F)F)cc1. The van der Waals surface area contributed by atoms with Gasteiger partial charge in [0.25, 0.3) is 0 Å². The lowest BCUT2D eigenvalue weighted by molar-refractivity contribution is -0.129. The van der Waals surface area contributed by atoms with E-state index in [0.29, 0.717) is 11.1 Å². The van der Waals surface area contributed by atoms with E-state index in [9.17, 15) is 13.6 Å². The minimum absolute atomic E-state index is 0.0250. The highest BCUT2D eigenvalue weighted by Gasteiger charge is 2.09. The maximum Gasteiger partial charge on any atom is 0.387 e. The molecule has 0 amide bonds. The zero-order chi connectivity index (χ0) is 18.2. The van der Waals surface area contributed by atoms with E-state index >= 15 is 0 Å². The van der Waals surface area contributed by atoms with Crippen molar-refractivity contribution in [2.75, 3.05) is 7.11 Å². The second kappa shape index (κ2) is 8.45. The van der Waals surface area contributed by atoms with Crippen molar-refractivity contribution < 1.29 is 27.8 Å². The zero-order valence-electron chi connectivity index (χ0n) is 13.1. The quantitative estimate of drug-likeness (QED) is 0.453. The first-order chi connectivity index (χ1) is 12.0. The Labute approximate surface area is 142 Å². The van der Waals surface area contributed by atoms with E-state index in [2.05, 4.69) is 4.74 Å². The molecule has 0 saturated heterocycles. The molecule has 0 N–H and O–H groups in total. The van der Waals surface area contributed by atoms with Crippen LogP contribution in [0.15, 0.2) is 48.5 Å². The molecule has 0 aliphatic heterocycles. The third kappa shape index (κ3) is 5.32. The predicted octanol–water partition coefficient (Wildman–Crippen LogP) is 3.79. The van der Waals surface area contributed by atoms with Crippen LogP contribution in [-0.2, 0) is 4.79 Å². The van der Waals surface area contributed by atoms with Crippen LogP contribution in [0, 0.1) is 11.3 Å². The van der Waals surface area contributed by atoms with Gasteiger partial charge in [0.1, 0.15) is 5.75 Å². The molecular formula is C18H13F2NO4. The van der Waals surface area contributed by atoms with E-state index in [1.54, 1.807) is 0 Å². The number of carbonyl (C=O) groups is 1. The number of esters is 1. The first kappa shape index (κ1) is 17.9. The average Bonchev–Trinajstić information content (AvgIpc) is 2.61. The van der Waals surface area contributed by atoms with Gasteiger partial charge in [-0.2, -0.15) is 14.0 Å². The summed E-state index contributed by atoms with van der Waals surface area (Å²) < 4.78 is 38.6. The molecule has 0 radical (unpaired) electrons. The monoisotopic (exact) mass is 345 g/mol. The second-order valence-corrected chi connectivity index (χ2v) is 4.68. The van der Waals surface area contributed by atoms with Crippen molar-refractivity contribution in [3.05, 3.63) is 59.7 Å². The molecule has 0 fully saturated rings. The average molecular weight is 345 g/mol. The lowest BCUT2D eigenvalue weighted by Gasteiger charge is -2.07. The number of carbonyl (C=O) groups excluding carboxylic acids is 1. The topological polar surface area (TPSA) is 68.5 Å². The number of hydrogen-bond acceptors (Lipinski definition) is 5. The van der Waals surface area contributed by atoms with Crippen LogP contribution < -0.4 is 14.2 Å². The number of nitriles is 1. The van der Waals surface area contributed by atoms with Gasteiger partial charge < -0.3 is 14.2 Å². The highest BCUT2D eigenvalue weighted by Crippen LogP contribution is 2.28. The Morgan fingerprint density at radius 2 is 1.88 bits per heavy atom. The lowest BCUT2D eigenvalue weighted by Crippen LogP contribution is -2.05. The molecule has 0 spiro atoms. The van der Waals surface area contributed by atoms with Gasteiger partial charge in [-0.05, 0) is 35.9 Å². The van der Waals surface area contributed by atoms with Crippen LogP contribution in [0.4, 0.5) is 8.78 Å². The molecule has 0 aliphatic rings. The molecule has 0 saturated carbocycles. The molecule has 7 heteroatoms. The summed E-state index contributed by atoms with van der Waals surface area (Å²) in [7, 11) is 1.40. The fraction of sp³-hybridized carbons (Fsp3) is 0.111. The van der Waals surface area contributed by atoms with Crippen molar-refractivity contribution in [1.29, 1.82) is 5.26 Å². The Hall–Kier alpha value is -3.40. The molecule has 0 aromatic heterocycles. The van der Waals surface area contributed by atoms with E-state index in [1.165, 1.54) is 61.7 Å². The Balaban J connectivity index is 2.02. The van der Waals surface area contributed by atoms with Gasteiger partial charge in [0.05, 0.1) is 18.7 Å². The maximum absolute atomic E-state index is 12.1. The van der Waals surface area contributed by atoms with Crippen molar-refractivity contribution in [2.45, 2.75) is 6.61 Å². The fourth-order valence-electron chi connectivity index (χ4n) is 1.89. The first-order valence-corrected chi connectivity index (χ1v) is 7.04. The fourth-order valence-corrected chi connectivity index (χ4v) is 1.89. The number of rotatable bonds is 6. The van der Waals surface area contributed by atoms with Crippen LogP contribution >= 0.6 is 0 Å². The summed E-state index contributed by atoms with van der Waals surface area (Å²) in [5.41, 5.74) is 0.976. The van der Waals surface area contributed by atoms with Gasteiger partial charge in [-0.3, -0.25) is 0 Å². The minimum Gasteiger partial charge on any atom is -0.493 e. The number of ether oxygens (including phenoxy) is 3. The van der Waals surface area contributed by atoms with E-state index in [-0.39, 0.29) is 17.2 Å². The highest BCUT2D eigenvalue weighted by atomic mass is 19.3. The third-order valence-electron chi connectivity index (χ3n) is 3.02. The van der Waals surface area contributed by atoms with Crippen LogP contribution in [0.2, 0.25) is 0 Å². The van der Waals surface area contributed by atoms with E-state index in [0.717, 1.165) is 0 Å². The summed E-state index contributed by atoms with van der Waals surface area (Å²) in [6.07, 6.45) is 2.64.